The zero-order chi connectivity index (χ0) is 11.8. The fourth-order valence-corrected chi connectivity index (χ4v) is 1.18. The van der Waals surface area contributed by atoms with Crippen LogP contribution in [-0.2, 0) is 9.53 Å². The first kappa shape index (κ1) is 14.3. The Hall–Kier alpha value is -0.650. The Kier molecular flexibility index (Phi) is 7.29. The van der Waals surface area contributed by atoms with Crippen molar-refractivity contribution in [3.8, 4) is 0 Å². The van der Waals surface area contributed by atoms with Gasteiger partial charge in [-0.05, 0) is 12.8 Å². The number of aliphatic hydroxyl groups excluding tert-OH is 1. The molecule has 0 fully saturated rings. The number of ether oxygens (including phenoxy) is 1. The van der Waals surface area contributed by atoms with Crippen molar-refractivity contribution >= 4 is 5.97 Å². The fourth-order valence-electron chi connectivity index (χ4n) is 1.18. The van der Waals surface area contributed by atoms with Crippen molar-refractivity contribution in [2.24, 2.45) is 5.92 Å². The second-order valence-electron chi connectivity index (χ2n) is 3.78. The molecule has 5 heteroatoms. The first-order valence-electron chi connectivity index (χ1n) is 5.21. The average Bonchev–Trinajstić information content (AvgIpc) is 2.13. The number of carboxylic acid groups (broad SMARTS) is 1. The molecule has 0 rings (SSSR count). The molecule has 3 N–H and O–H groups in total. The molecular formula is C10H21NO4. The minimum atomic E-state index is -0.895. The van der Waals surface area contributed by atoms with Gasteiger partial charge < -0.3 is 20.3 Å². The molecule has 0 heterocycles. The third-order valence-corrected chi connectivity index (χ3v) is 2.02. The standard InChI is InChI=1S/C10H21NO4/c1-4-15-6-8(12)5-11-9(7(2)3)10(13)14/h7-9,11-12H,4-6H2,1-3H3,(H,13,14). The maximum absolute atomic E-state index is 10.8. The molecule has 0 aliphatic carbocycles. The molecule has 0 aromatic heterocycles. The Morgan fingerprint density at radius 1 is 1.47 bits per heavy atom. The Balaban J connectivity index is 3.84. The number of rotatable bonds is 8. The van der Waals surface area contributed by atoms with Crippen LogP contribution in [0.5, 0.6) is 0 Å². The van der Waals surface area contributed by atoms with Gasteiger partial charge in [0.25, 0.3) is 0 Å². The lowest BCUT2D eigenvalue weighted by Crippen LogP contribution is -2.45. The zero-order valence-electron chi connectivity index (χ0n) is 9.56. The van der Waals surface area contributed by atoms with Crippen LogP contribution >= 0.6 is 0 Å². The van der Waals surface area contributed by atoms with Gasteiger partial charge in [-0.2, -0.15) is 0 Å². The van der Waals surface area contributed by atoms with Gasteiger partial charge in [-0.3, -0.25) is 4.79 Å². The normalized spacial score (nSPS) is 15.3. The molecule has 15 heavy (non-hydrogen) atoms. The minimum absolute atomic E-state index is 0.0122. The van der Waals surface area contributed by atoms with Gasteiger partial charge >= 0.3 is 5.97 Å². The second kappa shape index (κ2) is 7.62. The predicted molar refractivity (Wildman–Crippen MR) is 56.8 cm³/mol. The highest BCUT2D eigenvalue weighted by atomic mass is 16.5. The predicted octanol–water partition coefficient (Wildman–Crippen LogP) is 0.0826. The number of nitrogens with one attached hydrogen (secondary N) is 1. The van der Waals surface area contributed by atoms with E-state index in [9.17, 15) is 9.90 Å². The lowest BCUT2D eigenvalue weighted by molar-refractivity contribution is -0.140. The van der Waals surface area contributed by atoms with Gasteiger partial charge in [0.15, 0.2) is 0 Å². The molecule has 0 aliphatic rings. The molecule has 0 aromatic carbocycles. The Morgan fingerprint density at radius 3 is 2.47 bits per heavy atom. The molecule has 0 aliphatic heterocycles. The number of hydrogen-bond donors (Lipinski definition) is 3. The summed E-state index contributed by atoms with van der Waals surface area (Å²) in [7, 11) is 0. The molecular weight excluding hydrogens is 198 g/mol. The Labute approximate surface area is 90.4 Å². The maximum Gasteiger partial charge on any atom is 0.320 e. The van der Waals surface area contributed by atoms with Gasteiger partial charge in [-0.15, -0.1) is 0 Å². The van der Waals surface area contributed by atoms with Crippen molar-refractivity contribution in [2.45, 2.75) is 32.9 Å². The highest BCUT2D eigenvalue weighted by Crippen LogP contribution is 2.01. The first-order chi connectivity index (χ1) is 6.99. The van der Waals surface area contributed by atoms with E-state index >= 15 is 0 Å². The quantitative estimate of drug-likeness (QED) is 0.539. The Bertz CT molecular complexity index is 184. The summed E-state index contributed by atoms with van der Waals surface area (Å²) in [5, 5.41) is 21.1. The first-order valence-corrected chi connectivity index (χ1v) is 5.21. The van der Waals surface area contributed by atoms with E-state index in [1.54, 1.807) is 0 Å². The van der Waals surface area contributed by atoms with Gasteiger partial charge in [0, 0.05) is 13.2 Å². The van der Waals surface area contributed by atoms with Crippen molar-refractivity contribution in [3.63, 3.8) is 0 Å². The molecule has 0 saturated heterocycles. The Morgan fingerprint density at radius 2 is 2.07 bits per heavy atom. The lowest BCUT2D eigenvalue weighted by Gasteiger charge is -2.20. The van der Waals surface area contributed by atoms with Crippen LogP contribution in [0.2, 0.25) is 0 Å². The third-order valence-electron chi connectivity index (χ3n) is 2.02. The largest absolute Gasteiger partial charge is 0.480 e. The van der Waals surface area contributed by atoms with E-state index in [0.29, 0.717) is 6.61 Å². The smallest absolute Gasteiger partial charge is 0.320 e. The van der Waals surface area contributed by atoms with Crippen LogP contribution in [0.1, 0.15) is 20.8 Å². The van der Waals surface area contributed by atoms with Crippen molar-refractivity contribution < 1.29 is 19.7 Å². The van der Waals surface area contributed by atoms with E-state index < -0.39 is 18.1 Å². The molecule has 90 valence electrons. The van der Waals surface area contributed by atoms with Crippen LogP contribution < -0.4 is 5.32 Å². The van der Waals surface area contributed by atoms with E-state index in [4.69, 9.17) is 9.84 Å². The van der Waals surface area contributed by atoms with Gasteiger partial charge in [-0.1, -0.05) is 13.8 Å². The lowest BCUT2D eigenvalue weighted by atomic mass is 10.0. The van der Waals surface area contributed by atoms with E-state index in [1.807, 2.05) is 20.8 Å². The molecule has 0 aromatic rings. The number of hydrogen-bond acceptors (Lipinski definition) is 4. The number of carbonyl (C=O) groups is 1. The number of carboxylic acids is 1. The van der Waals surface area contributed by atoms with Gasteiger partial charge in [0.1, 0.15) is 6.04 Å². The van der Waals surface area contributed by atoms with E-state index in [2.05, 4.69) is 5.32 Å². The van der Waals surface area contributed by atoms with Crippen molar-refractivity contribution in [1.29, 1.82) is 0 Å². The molecule has 0 bridgehead atoms. The molecule has 2 atom stereocenters. The number of aliphatic carboxylic acids is 1. The molecule has 0 radical (unpaired) electrons. The summed E-state index contributed by atoms with van der Waals surface area (Å²) in [5.41, 5.74) is 0. The highest BCUT2D eigenvalue weighted by molar-refractivity contribution is 5.73. The molecule has 0 saturated carbocycles. The second-order valence-corrected chi connectivity index (χ2v) is 3.78. The van der Waals surface area contributed by atoms with Gasteiger partial charge in [-0.25, -0.2) is 0 Å². The van der Waals surface area contributed by atoms with E-state index in [-0.39, 0.29) is 19.1 Å². The summed E-state index contributed by atoms with van der Waals surface area (Å²) >= 11 is 0. The topological polar surface area (TPSA) is 78.8 Å². The van der Waals surface area contributed by atoms with Crippen molar-refractivity contribution in [1.82, 2.24) is 5.32 Å². The van der Waals surface area contributed by atoms with Crippen LogP contribution in [0.3, 0.4) is 0 Å². The zero-order valence-corrected chi connectivity index (χ0v) is 9.56. The van der Waals surface area contributed by atoms with E-state index in [0.717, 1.165) is 0 Å². The van der Waals surface area contributed by atoms with Crippen LogP contribution in [0.15, 0.2) is 0 Å². The van der Waals surface area contributed by atoms with Gasteiger partial charge in [0.05, 0.1) is 12.7 Å². The fraction of sp³-hybridized carbons (Fsp3) is 0.900. The summed E-state index contributed by atoms with van der Waals surface area (Å²) in [6.45, 7) is 6.49. The summed E-state index contributed by atoms with van der Waals surface area (Å²) in [5.74, 6) is -0.907. The van der Waals surface area contributed by atoms with Gasteiger partial charge in [0.2, 0.25) is 0 Å². The molecule has 2 unspecified atom stereocenters. The summed E-state index contributed by atoms with van der Waals surface area (Å²) in [6, 6.07) is -0.624. The van der Waals surface area contributed by atoms with Crippen LogP contribution in [0.4, 0.5) is 0 Å². The van der Waals surface area contributed by atoms with Crippen LogP contribution in [-0.4, -0.2) is 48.1 Å². The van der Waals surface area contributed by atoms with Crippen LogP contribution in [0, 0.1) is 5.92 Å². The summed E-state index contributed by atoms with van der Waals surface area (Å²) in [6.07, 6.45) is -0.662. The highest BCUT2D eigenvalue weighted by Gasteiger charge is 2.21. The average molecular weight is 219 g/mol. The third kappa shape index (κ3) is 6.43. The molecule has 5 nitrogen and oxygen atoms in total. The summed E-state index contributed by atoms with van der Waals surface area (Å²) < 4.78 is 5.01. The van der Waals surface area contributed by atoms with E-state index in [1.165, 1.54) is 0 Å². The maximum atomic E-state index is 10.8. The van der Waals surface area contributed by atoms with Crippen molar-refractivity contribution in [3.05, 3.63) is 0 Å². The molecule has 0 spiro atoms. The monoisotopic (exact) mass is 219 g/mol. The molecule has 0 amide bonds. The summed E-state index contributed by atoms with van der Waals surface area (Å²) in [4.78, 5) is 10.8. The SMILES string of the molecule is CCOCC(O)CNC(C(=O)O)C(C)C. The minimum Gasteiger partial charge on any atom is -0.480 e. The van der Waals surface area contributed by atoms with Crippen molar-refractivity contribution in [2.75, 3.05) is 19.8 Å². The number of aliphatic hydroxyl groups is 1. The van der Waals surface area contributed by atoms with Crippen LogP contribution in [0.25, 0.3) is 0 Å².